The van der Waals surface area contributed by atoms with Gasteiger partial charge in [0.2, 0.25) is 0 Å². The Morgan fingerprint density at radius 1 is 1.27 bits per heavy atom. The number of anilines is 1. The lowest BCUT2D eigenvalue weighted by Gasteiger charge is -2.05. The molecule has 2 amide bonds. The van der Waals surface area contributed by atoms with Crippen molar-refractivity contribution in [3.05, 3.63) is 42.1 Å². The largest absolute Gasteiger partial charge is 0.481 e. The van der Waals surface area contributed by atoms with Crippen LogP contribution in [-0.4, -0.2) is 33.4 Å². The molecule has 116 valence electrons. The molecule has 7 heteroatoms. The first-order chi connectivity index (χ1) is 10.6. The van der Waals surface area contributed by atoms with Crippen LogP contribution in [0.2, 0.25) is 0 Å². The van der Waals surface area contributed by atoms with E-state index in [0.717, 1.165) is 11.4 Å². The second kappa shape index (κ2) is 7.26. The number of carbonyl (C=O) groups excluding carboxylic acids is 1. The molecule has 0 radical (unpaired) electrons. The van der Waals surface area contributed by atoms with Crippen LogP contribution < -0.4 is 10.6 Å². The quantitative estimate of drug-likeness (QED) is 0.712. The van der Waals surface area contributed by atoms with Gasteiger partial charge in [-0.15, -0.1) is 5.10 Å². The predicted octanol–water partition coefficient (Wildman–Crippen LogP) is 2.17. The minimum Gasteiger partial charge on any atom is -0.481 e. The van der Waals surface area contributed by atoms with Gasteiger partial charge in [0.1, 0.15) is 0 Å². The SMILES string of the molecule is Cc1cc(NC(=O)NCCCC(=O)O)nn1-c1ccccc1. The third-order valence-electron chi connectivity index (χ3n) is 2.98. The molecule has 0 bridgehead atoms. The molecule has 1 aromatic carbocycles. The van der Waals surface area contributed by atoms with Gasteiger partial charge in [-0.05, 0) is 25.5 Å². The number of aryl methyl sites for hydroxylation is 1. The number of hydrogen-bond donors (Lipinski definition) is 3. The molecule has 0 aliphatic carbocycles. The Balaban J connectivity index is 1.91. The number of carboxylic acid groups (broad SMARTS) is 1. The number of nitrogens with zero attached hydrogens (tertiary/aromatic N) is 2. The van der Waals surface area contributed by atoms with Gasteiger partial charge in [0, 0.05) is 24.7 Å². The number of rotatable bonds is 6. The van der Waals surface area contributed by atoms with E-state index in [4.69, 9.17) is 5.11 Å². The van der Waals surface area contributed by atoms with Crippen LogP contribution in [0.25, 0.3) is 5.69 Å². The van der Waals surface area contributed by atoms with Crippen LogP contribution in [0.4, 0.5) is 10.6 Å². The van der Waals surface area contributed by atoms with Crippen molar-refractivity contribution in [2.75, 3.05) is 11.9 Å². The highest BCUT2D eigenvalue weighted by Gasteiger charge is 2.08. The molecule has 1 heterocycles. The summed E-state index contributed by atoms with van der Waals surface area (Å²) < 4.78 is 1.74. The molecule has 0 fully saturated rings. The van der Waals surface area contributed by atoms with E-state index in [2.05, 4.69) is 15.7 Å². The number of aromatic nitrogens is 2. The van der Waals surface area contributed by atoms with E-state index >= 15 is 0 Å². The fourth-order valence-corrected chi connectivity index (χ4v) is 1.97. The van der Waals surface area contributed by atoms with Crippen LogP contribution in [0.15, 0.2) is 36.4 Å². The number of carboxylic acids is 1. The minimum absolute atomic E-state index is 0.0298. The smallest absolute Gasteiger partial charge is 0.320 e. The average Bonchev–Trinajstić information content (AvgIpc) is 2.85. The van der Waals surface area contributed by atoms with Gasteiger partial charge in [0.25, 0.3) is 0 Å². The maximum absolute atomic E-state index is 11.7. The van der Waals surface area contributed by atoms with Crippen molar-refractivity contribution >= 4 is 17.8 Å². The van der Waals surface area contributed by atoms with Crippen LogP contribution >= 0.6 is 0 Å². The summed E-state index contributed by atoms with van der Waals surface area (Å²) in [6.45, 7) is 2.20. The summed E-state index contributed by atoms with van der Waals surface area (Å²) in [7, 11) is 0. The zero-order chi connectivity index (χ0) is 15.9. The molecule has 0 aliphatic heterocycles. The first-order valence-electron chi connectivity index (χ1n) is 6.95. The molecule has 0 unspecified atom stereocenters. The Morgan fingerprint density at radius 2 is 2.00 bits per heavy atom. The Labute approximate surface area is 128 Å². The summed E-state index contributed by atoms with van der Waals surface area (Å²) in [5.41, 5.74) is 1.81. The van der Waals surface area contributed by atoms with Gasteiger partial charge in [0.15, 0.2) is 5.82 Å². The number of hydrogen-bond acceptors (Lipinski definition) is 3. The van der Waals surface area contributed by atoms with Crippen molar-refractivity contribution in [1.82, 2.24) is 15.1 Å². The van der Waals surface area contributed by atoms with E-state index in [9.17, 15) is 9.59 Å². The van der Waals surface area contributed by atoms with E-state index in [1.165, 1.54) is 0 Å². The Hall–Kier alpha value is -2.83. The van der Waals surface area contributed by atoms with Crippen molar-refractivity contribution in [3.63, 3.8) is 0 Å². The topological polar surface area (TPSA) is 96.2 Å². The maximum atomic E-state index is 11.7. The van der Waals surface area contributed by atoms with Crippen molar-refractivity contribution in [1.29, 1.82) is 0 Å². The number of urea groups is 1. The third-order valence-corrected chi connectivity index (χ3v) is 2.98. The van der Waals surface area contributed by atoms with Gasteiger partial charge in [-0.1, -0.05) is 18.2 Å². The monoisotopic (exact) mass is 302 g/mol. The molecule has 0 spiro atoms. The summed E-state index contributed by atoms with van der Waals surface area (Å²) in [5, 5.41) is 18.1. The van der Waals surface area contributed by atoms with E-state index < -0.39 is 12.0 Å². The zero-order valence-electron chi connectivity index (χ0n) is 12.2. The summed E-state index contributed by atoms with van der Waals surface area (Å²) in [6.07, 6.45) is 0.419. The maximum Gasteiger partial charge on any atom is 0.320 e. The Bertz CT molecular complexity index is 652. The molecule has 0 aliphatic rings. The number of nitrogens with one attached hydrogen (secondary N) is 2. The van der Waals surface area contributed by atoms with Crippen molar-refractivity contribution in [2.45, 2.75) is 19.8 Å². The standard InChI is InChI=1S/C15H18N4O3/c1-11-10-13(17-15(22)16-9-5-8-14(20)21)18-19(11)12-6-3-2-4-7-12/h2-4,6-7,10H,5,8-9H2,1H3,(H,20,21)(H2,16,17,18,22). The van der Waals surface area contributed by atoms with Gasteiger partial charge < -0.3 is 10.4 Å². The van der Waals surface area contributed by atoms with Crippen molar-refractivity contribution in [3.8, 4) is 5.69 Å². The zero-order valence-corrected chi connectivity index (χ0v) is 12.2. The number of benzene rings is 1. The molecule has 2 aromatic rings. The molecule has 7 nitrogen and oxygen atoms in total. The van der Waals surface area contributed by atoms with Crippen LogP contribution in [-0.2, 0) is 4.79 Å². The third kappa shape index (κ3) is 4.34. The van der Waals surface area contributed by atoms with E-state index in [0.29, 0.717) is 18.8 Å². The summed E-state index contributed by atoms with van der Waals surface area (Å²) >= 11 is 0. The molecule has 1 aromatic heterocycles. The average molecular weight is 302 g/mol. The van der Waals surface area contributed by atoms with Gasteiger partial charge in [-0.3, -0.25) is 10.1 Å². The van der Waals surface area contributed by atoms with Crippen LogP contribution in [0.1, 0.15) is 18.5 Å². The normalized spacial score (nSPS) is 10.2. The van der Waals surface area contributed by atoms with Crippen molar-refractivity contribution in [2.24, 2.45) is 0 Å². The molecule has 3 N–H and O–H groups in total. The van der Waals surface area contributed by atoms with Crippen molar-refractivity contribution < 1.29 is 14.7 Å². The molecule has 22 heavy (non-hydrogen) atoms. The fourth-order valence-electron chi connectivity index (χ4n) is 1.97. The highest BCUT2D eigenvalue weighted by Crippen LogP contribution is 2.14. The summed E-state index contributed by atoms with van der Waals surface area (Å²) in [4.78, 5) is 22.1. The van der Waals surface area contributed by atoms with E-state index in [1.807, 2.05) is 37.3 Å². The molecule has 0 saturated carbocycles. The van der Waals surface area contributed by atoms with Gasteiger partial charge >= 0.3 is 12.0 Å². The summed E-state index contributed by atoms with van der Waals surface area (Å²) in [5.74, 6) is -0.434. The molecule has 0 saturated heterocycles. The molecule has 0 atom stereocenters. The lowest BCUT2D eigenvalue weighted by molar-refractivity contribution is -0.137. The van der Waals surface area contributed by atoms with E-state index in [1.54, 1.807) is 10.7 Å². The number of carbonyl (C=O) groups is 2. The van der Waals surface area contributed by atoms with Gasteiger partial charge in [0.05, 0.1) is 5.69 Å². The second-order valence-electron chi connectivity index (χ2n) is 4.80. The predicted molar refractivity (Wildman–Crippen MR) is 82.2 cm³/mol. The Kier molecular flexibility index (Phi) is 5.13. The highest BCUT2D eigenvalue weighted by atomic mass is 16.4. The van der Waals surface area contributed by atoms with Gasteiger partial charge in [-0.25, -0.2) is 9.48 Å². The van der Waals surface area contributed by atoms with Crippen LogP contribution in [0.5, 0.6) is 0 Å². The number of aliphatic carboxylic acids is 1. The van der Waals surface area contributed by atoms with Crippen LogP contribution in [0, 0.1) is 6.92 Å². The highest BCUT2D eigenvalue weighted by molar-refractivity contribution is 5.88. The lowest BCUT2D eigenvalue weighted by atomic mass is 10.3. The molecule has 2 rings (SSSR count). The lowest BCUT2D eigenvalue weighted by Crippen LogP contribution is -2.30. The van der Waals surface area contributed by atoms with Crippen LogP contribution in [0.3, 0.4) is 0 Å². The summed E-state index contributed by atoms with van der Waals surface area (Å²) in [6, 6.07) is 11.0. The fraction of sp³-hybridized carbons (Fsp3) is 0.267. The van der Waals surface area contributed by atoms with Gasteiger partial charge in [-0.2, -0.15) is 0 Å². The van der Waals surface area contributed by atoms with E-state index in [-0.39, 0.29) is 6.42 Å². The second-order valence-corrected chi connectivity index (χ2v) is 4.80. The number of amides is 2. The number of para-hydroxylation sites is 1. The minimum atomic E-state index is -0.876. The first kappa shape index (κ1) is 15.6. The Morgan fingerprint density at radius 3 is 2.68 bits per heavy atom. The first-order valence-corrected chi connectivity index (χ1v) is 6.95. The molecular weight excluding hydrogens is 284 g/mol. The molecular formula is C15H18N4O3.